The number of amides is 2. The van der Waals surface area contributed by atoms with Crippen molar-refractivity contribution < 1.29 is 14.7 Å². The average molecular weight is 250 g/mol. The lowest BCUT2D eigenvalue weighted by molar-refractivity contribution is -0.136. The first kappa shape index (κ1) is 14.2. The van der Waals surface area contributed by atoms with Gasteiger partial charge in [0, 0.05) is 18.8 Å². The fourth-order valence-corrected chi connectivity index (χ4v) is 1.34. The maximum absolute atomic E-state index is 11.5. The lowest BCUT2D eigenvalue weighted by Gasteiger charge is -2.06. The van der Waals surface area contributed by atoms with Crippen molar-refractivity contribution in [1.82, 2.24) is 5.32 Å². The summed E-state index contributed by atoms with van der Waals surface area (Å²) in [5.41, 5.74) is 1.68. The van der Waals surface area contributed by atoms with Crippen LogP contribution in [0.4, 0.5) is 5.69 Å². The molecule has 0 aliphatic carbocycles. The maximum atomic E-state index is 11.5. The Hall–Kier alpha value is -1.88. The second-order valence-electron chi connectivity index (χ2n) is 4.01. The van der Waals surface area contributed by atoms with Crippen LogP contribution in [0.3, 0.4) is 0 Å². The number of nitrogens with one attached hydrogen (secondary N) is 2. The van der Waals surface area contributed by atoms with Gasteiger partial charge in [0.25, 0.3) is 0 Å². The third kappa shape index (κ3) is 4.97. The second-order valence-corrected chi connectivity index (χ2v) is 4.01. The highest BCUT2D eigenvalue weighted by Gasteiger charge is 2.12. The first-order valence-electron chi connectivity index (χ1n) is 5.90. The molecule has 0 bridgehead atoms. The van der Waals surface area contributed by atoms with Crippen LogP contribution in [0.25, 0.3) is 0 Å². The van der Waals surface area contributed by atoms with E-state index in [-0.39, 0.29) is 6.61 Å². The van der Waals surface area contributed by atoms with Crippen LogP contribution < -0.4 is 10.6 Å². The van der Waals surface area contributed by atoms with E-state index in [0.717, 1.165) is 5.56 Å². The molecule has 0 aromatic heterocycles. The number of benzene rings is 1. The molecule has 1 rings (SSSR count). The summed E-state index contributed by atoms with van der Waals surface area (Å²) in [6.07, 6.45) is 1.26. The summed E-state index contributed by atoms with van der Waals surface area (Å²) in [5, 5.41) is 13.6. The number of rotatable bonds is 5. The van der Waals surface area contributed by atoms with Crippen LogP contribution in [0.15, 0.2) is 24.3 Å². The van der Waals surface area contributed by atoms with Crippen molar-refractivity contribution in [1.29, 1.82) is 0 Å². The number of anilines is 1. The predicted molar refractivity (Wildman–Crippen MR) is 69.1 cm³/mol. The molecule has 1 aromatic rings. The maximum Gasteiger partial charge on any atom is 0.313 e. The Kier molecular flexibility index (Phi) is 5.87. The Bertz CT molecular complexity index is 401. The Balaban J connectivity index is 2.35. The van der Waals surface area contributed by atoms with Crippen LogP contribution in [0.2, 0.25) is 0 Å². The van der Waals surface area contributed by atoms with Gasteiger partial charge in [-0.2, -0.15) is 0 Å². The highest BCUT2D eigenvalue weighted by atomic mass is 16.3. The van der Waals surface area contributed by atoms with Crippen molar-refractivity contribution in [2.45, 2.75) is 19.8 Å². The van der Waals surface area contributed by atoms with E-state index in [1.54, 1.807) is 12.1 Å². The molecule has 2 amide bonds. The Morgan fingerprint density at radius 2 is 1.78 bits per heavy atom. The summed E-state index contributed by atoms with van der Waals surface area (Å²) in [6, 6.07) is 7.20. The molecule has 0 heterocycles. The second kappa shape index (κ2) is 7.45. The number of carbonyl (C=O) groups is 2. The summed E-state index contributed by atoms with van der Waals surface area (Å²) in [5.74, 6) is -1.34. The molecular formula is C13H18N2O3. The summed E-state index contributed by atoms with van der Waals surface area (Å²) >= 11 is 0. The van der Waals surface area contributed by atoms with Crippen LogP contribution in [0.1, 0.15) is 18.4 Å². The van der Waals surface area contributed by atoms with Gasteiger partial charge in [0.05, 0.1) is 0 Å². The average Bonchev–Trinajstić information content (AvgIpc) is 2.37. The van der Waals surface area contributed by atoms with Crippen molar-refractivity contribution >= 4 is 17.5 Å². The van der Waals surface area contributed by atoms with Gasteiger partial charge < -0.3 is 15.7 Å². The Labute approximate surface area is 106 Å². The molecule has 1 aromatic carbocycles. The van der Waals surface area contributed by atoms with E-state index in [4.69, 9.17) is 5.11 Å². The summed E-state index contributed by atoms with van der Waals surface area (Å²) in [4.78, 5) is 22.9. The molecule has 0 atom stereocenters. The zero-order chi connectivity index (χ0) is 13.4. The topological polar surface area (TPSA) is 78.4 Å². The van der Waals surface area contributed by atoms with Gasteiger partial charge in [0.15, 0.2) is 0 Å². The zero-order valence-electron chi connectivity index (χ0n) is 10.4. The molecule has 0 saturated heterocycles. The number of aliphatic hydroxyl groups is 1. The van der Waals surface area contributed by atoms with Crippen LogP contribution in [-0.4, -0.2) is 30.1 Å². The minimum atomic E-state index is -0.678. The van der Waals surface area contributed by atoms with Gasteiger partial charge in [0.2, 0.25) is 0 Å². The molecule has 0 aliphatic heterocycles. The fraction of sp³-hybridized carbons (Fsp3) is 0.385. The van der Waals surface area contributed by atoms with E-state index < -0.39 is 11.8 Å². The molecule has 0 radical (unpaired) electrons. The molecule has 3 N–H and O–H groups in total. The van der Waals surface area contributed by atoms with Crippen molar-refractivity contribution in [3.63, 3.8) is 0 Å². The number of aryl methyl sites for hydroxylation is 1. The first-order valence-corrected chi connectivity index (χ1v) is 5.90. The third-order valence-corrected chi connectivity index (χ3v) is 2.39. The van der Waals surface area contributed by atoms with E-state index >= 15 is 0 Å². The first-order chi connectivity index (χ1) is 8.63. The minimum absolute atomic E-state index is 0.0887. The van der Waals surface area contributed by atoms with E-state index in [2.05, 4.69) is 10.6 Å². The highest BCUT2D eigenvalue weighted by Crippen LogP contribution is 2.08. The standard InChI is InChI=1S/C13H18N2O3/c1-10-4-6-11(7-5-10)15-13(18)12(17)14-8-2-3-9-16/h4-7,16H,2-3,8-9H2,1H3,(H,14,17)(H,15,18). The third-order valence-electron chi connectivity index (χ3n) is 2.39. The summed E-state index contributed by atoms with van der Waals surface area (Å²) in [7, 11) is 0. The van der Waals surface area contributed by atoms with Crippen LogP contribution >= 0.6 is 0 Å². The SMILES string of the molecule is Cc1ccc(NC(=O)C(=O)NCCCCO)cc1. The minimum Gasteiger partial charge on any atom is -0.396 e. The zero-order valence-corrected chi connectivity index (χ0v) is 10.4. The lowest BCUT2D eigenvalue weighted by Crippen LogP contribution is -2.35. The molecule has 0 spiro atoms. The molecule has 18 heavy (non-hydrogen) atoms. The Morgan fingerprint density at radius 3 is 2.39 bits per heavy atom. The number of hydrogen-bond donors (Lipinski definition) is 3. The molecule has 0 aliphatic rings. The summed E-state index contributed by atoms with van der Waals surface area (Å²) < 4.78 is 0. The number of carbonyl (C=O) groups excluding carboxylic acids is 2. The fourth-order valence-electron chi connectivity index (χ4n) is 1.34. The van der Waals surface area contributed by atoms with Crippen molar-refractivity contribution in [2.24, 2.45) is 0 Å². The molecule has 5 heteroatoms. The Morgan fingerprint density at radius 1 is 1.11 bits per heavy atom. The number of hydrogen-bond acceptors (Lipinski definition) is 3. The molecule has 98 valence electrons. The molecule has 0 unspecified atom stereocenters. The molecular weight excluding hydrogens is 232 g/mol. The quantitative estimate of drug-likeness (QED) is 0.535. The lowest BCUT2D eigenvalue weighted by atomic mass is 10.2. The monoisotopic (exact) mass is 250 g/mol. The van der Waals surface area contributed by atoms with Gasteiger partial charge in [-0.3, -0.25) is 9.59 Å². The normalized spacial score (nSPS) is 9.89. The van der Waals surface area contributed by atoms with Crippen molar-refractivity contribution in [3.8, 4) is 0 Å². The molecule has 0 fully saturated rings. The van der Waals surface area contributed by atoms with E-state index in [9.17, 15) is 9.59 Å². The van der Waals surface area contributed by atoms with Crippen LogP contribution in [0, 0.1) is 6.92 Å². The van der Waals surface area contributed by atoms with E-state index in [1.807, 2.05) is 19.1 Å². The molecule has 5 nitrogen and oxygen atoms in total. The van der Waals surface area contributed by atoms with E-state index in [0.29, 0.717) is 25.1 Å². The summed E-state index contributed by atoms with van der Waals surface area (Å²) in [6.45, 7) is 2.42. The van der Waals surface area contributed by atoms with Gasteiger partial charge in [-0.25, -0.2) is 0 Å². The van der Waals surface area contributed by atoms with Crippen molar-refractivity contribution in [2.75, 3.05) is 18.5 Å². The van der Waals surface area contributed by atoms with Gasteiger partial charge in [-0.15, -0.1) is 0 Å². The predicted octanol–water partition coefficient (Wildman–Crippen LogP) is 0.822. The number of unbranched alkanes of at least 4 members (excludes halogenated alkanes) is 1. The van der Waals surface area contributed by atoms with Crippen molar-refractivity contribution in [3.05, 3.63) is 29.8 Å². The van der Waals surface area contributed by atoms with Gasteiger partial charge >= 0.3 is 11.8 Å². The van der Waals surface area contributed by atoms with Crippen LogP contribution in [0.5, 0.6) is 0 Å². The largest absolute Gasteiger partial charge is 0.396 e. The van der Waals surface area contributed by atoms with Gasteiger partial charge in [-0.1, -0.05) is 17.7 Å². The van der Waals surface area contributed by atoms with Crippen LogP contribution in [-0.2, 0) is 9.59 Å². The molecule has 0 saturated carbocycles. The smallest absolute Gasteiger partial charge is 0.313 e. The number of aliphatic hydroxyl groups excluding tert-OH is 1. The van der Waals surface area contributed by atoms with Gasteiger partial charge in [0.1, 0.15) is 0 Å². The van der Waals surface area contributed by atoms with E-state index in [1.165, 1.54) is 0 Å². The highest BCUT2D eigenvalue weighted by molar-refractivity contribution is 6.39. The van der Waals surface area contributed by atoms with Gasteiger partial charge in [-0.05, 0) is 31.9 Å².